The van der Waals surface area contributed by atoms with Crippen LogP contribution in [-0.4, -0.2) is 30.6 Å². The van der Waals surface area contributed by atoms with Crippen LogP contribution in [0, 0.1) is 23.2 Å². The van der Waals surface area contributed by atoms with Crippen molar-refractivity contribution in [2.75, 3.05) is 13.7 Å². The van der Waals surface area contributed by atoms with Crippen molar-refractivity contribution in [2.24, 2.45) is 23.2 Å². The number of fused-ring (bicyclic) bond motifs is 5. The summed E-state index contributed by atoms with van der Waals surface area (Å²) in [5.74, 6) is 2.67. The van der Waals surface area contributed by atoms with E-state index >= 15 is 0 Å². The summed E-state index contributed by atoms with van der Waals surface area (Å²) < 4.78 is 10.5. The van der Waals surface area contributed by atoms with E-state index in [0.29, 0.717) is 54.7 Å². The third-order valence-electron chi connectivity index (χ3n) is 8.13. The molecule has 3 unspecified atom stereocenters. The molecule has 5 atom stereocenters. The van der Waals surface area contributed by atoms with E-state index in [9.17, 15) is 14.7 Å². The first-order valence-electron chi connectivity index (χ1n) is 11.5. The lowest BCUT2D eigenvalue weighted by Gasteiger charge is -2.50. The number of esters is 1. The lowest BCUT2D eigenvalue weighted by atomic mass is 9.54. The molecular formula is C25H34O5. The number of rotatable bonds is 6. The van der Waals surface area contributed by atoms with Crippen molar-refractivity contribution in [3.05, 3.63) is 23.3 Å². The van der Waals surface area contributed by atoms with Crippen LogP contribution < -0.4 is 4.74 Å². The molecule has 5 heteroatoms. The number of aryl methyl sites for hydroxylation is 1. The summed E-state index contributed by atoms with van der Waals surface area (Å²) in [5.41, 5.74) is 2.31. The van der Waals surface area contributed by atoms with Crippen LogP contribution in [0.2, 0.25) is 0 Å². The summed E-state index contributed by atoms with van der Waals surface area (Å²) in [7, 11) is 1.43. The molecule has 3 aliphatic carbocycles. The van der Waals surface area contributed by atoms with Crippen LogP contribution in [0.25, 0.3) is 0 Å². The molecule has 2 fully saturated rings. The Morgan fingerprint density at radius 3 is 2.83 bits per heavy atom. The summed E-state index contributed by atoms with van der Waals surface area (Å²) in [6.07, 6.45) is 6.72. The molecule has 0 saturated heterocycles. The van der Waals surface area contributed by atoms with E-state index in [4.69, 9.17) is 9.47 Å². The number of carbonyl (C=O) groups is 2. The van der Waals surface area contributed by atoms with Gasteiger partial charge in [-0.15, -0.1) is 0 Å². The second kappa shape index (κ2) is 8.24. The molecule has 0 spiro atoms. The molecular weight excluding hydrogens is 380 g/mol. The van der Waals surface area contributed by atoms with Gasteiger partial charge in [-0.25, -0.2) is 0 Å². The number of phenols is 1. The topological polar surface area (TPSA) is 72.8 Å². The van der Waals surface area contributed by atoms with Crippen LogP contribution in [0.4, 0.5) is 0 Å². The van der Waals surface area contributed by atoms with Gasteiger partial charge in [0.2, 0.25) is 0 Å². The number of hydrogen-bond acceptors (Lipinski definition) is 5. The van der Waals surface area contributed by atoms with Crippen molar-refractivity contribution in [1.82, 2.24) is 0 Å². The number of phenolic OH excluding ortho intramolecular Hbond substituents is 1. The smallest absolute Gasteiger partial charge is 0.305 e. The van der Waals surface area contributed by atoms with E-state index in [1.54, 1.807) is 0 Å². The first kappa shape index (κ1) is 21.2. The molecule has 5 nitrogen and oxygen atoms in total. The average Bonchev–Trinajstić information content (AvgIpc) is 2.98. The van der Waals surface area contributed by atoms with Crippen molar-refractivity contribution in [3.63, 3.8) is 0 Å². The molecule has 164 valence electrons. The predicted molar refractivity (Wildman–Crippen MR) is 114 cm³/mol. The third kappa shape index (κ3) is 3.50. The van der Waals surface area contributed by atoms with Crippen LogP contribution in [0.1, 0.15) is 75.8 Å². The van der Waals surface area contributed by atoms with Crippen LogP contribution >= 0.6 is 0 Å². The average molecular weight is 415 g/mol. The highest BCUT2D eigenvalue weighted by atomic mass is 16.5. The Morgan fingerprint density at radius 2 is 2.10 bits per heavy atom. The predicted octanol–water partition coefficient (Wildman–Crippen LogP) is 4.79. The highest BCUT2D eigenvalue weighted by Gasteiger charge is 2.58. The van der Waals surface area contributed by atoms with Crippen molar-refractivity contribution in [1.29, 1.82) is 0 Å². The van der Waals surface area contributed by atoms with Crippen LogP contribution in [0.3, 0.4) is 0 Å². The fourth-order valence-corrected chi connectivity index (χ4v) is 6.79. The van der Waals surface area contributed by atoms with Gasteiger partial charge in [-0.1, -0.05) is 6.92 Å². The standard InChI is InChI=1S/C25H34O5/c1-4-30-21-14-19-15(12-20(21)26)8-9-18-17(19)10-11-25(2)22(27)13-16(24(18)25)6-5-7-23(28)29-3/h12,14,16-18,24,26H,4-11,13H2,1-3H3/t16-,17?,18?,24?,25+/m0/s1. The van der Waals surface area contributed by atoms with E-state index < -0.39 is 0 Å². The largest absolute Gasteiger partial charge is 0.504 e. The molecule has 3 aliphatic rings. The van der Waals surface area contributed by atoms with Crippen molar-refractivity contribution in [2.45, 2.75) is 71.1 Å². The van der Waals surface area contributed by atoms with Gasteiger partial charge in [0.25, 0.3) is 0 Å². The van der Waals surface area contributed by atoms with E-state index in [1.807, 2.05) is 13.0 Å². The number of benzene rings is 1. The Kier molecular flexibility index (Phi) is 5.82. The second-order valence-corrected chi connectivity index (χ2v) is 9.60. The lowest BCUT2D eigenvalue weighted by molar-refractivity contribution is -0.140. The van der Waals surface area contributed by atoms with Gasteiger partial charge in [0.05, 0.1) is 13.7 Å². The number of ether oxygens (including phenoxy) is 2. The van der Waals surface area contributed by atoms with Gasteiger partial charge >= 0.3 is 5.97 Å². The van der Waals surface area contributed by atoms with Gasteiger partial charge in [-0.2, -0.15) is 0 Å². The first-order chi connectivity index (χ1) is 14.4. The molecule has 0 heterocycles. The normalized spacial score (nSPS) is 32.2. The van der Waals surface area contributed by atoms with Gasteiger partial charge in [-0.05, 0) is 92.4 Å². The SMILES string of the molecule is CCOc1cc2c(cc1O)CCC1C2CC[C@]2(C)C(=O)C[C@H](CCCC(=O)OC)C12. The van der Waals surface area contributed by atoms with Crippen LogP contribution in [0.15, 0.2) is 12.1 Å². The third-order valence-corrected chi connectivity index (χ3v) is 8.13. The minimum atomic E-state index is -0.228. The van der Waals surface area contributed by atoms with Gasteiger partial charge in [-0.3, -0.25) is 9.59 Å². The molecule has 1 aromatic rings. The number of hydrogen-bond donors (Lipinski definition) is 1. The molecule has 0 bridgehead atoms. The van der Waals surface area contributed by atoms with Gasteiger partial charge in [0, 0.05) is 18.3 Å². The van der Waals surface area contributed by atoms with Crippen molar-refractivity contribution in [3.8, 4) is 11.5 Å². The summed E-state index contributed by atoms with van der Waals surface area (Å²) >= 11 is 0. The maximum absolute atomic E-state index is 13.1. The van der Waals surface area contributed by atoms with E-state index in [-0.39, 0.29) is 17.1 Å². The minimum Gasteiger partial charge on any atom is -0.504 e. The zero-order valence-corrected chi connectivity index (χ0v) is 18.4. The molecule has 1 N–H and O–H groups in total. The van der Waals surface area contributed by atoms with Crippen LogP contribution in [0.5, 0.6) is 11.5 Å². The summed E-state index contributed by atoms with van der Waals surface area (Å²) in [5, 5.41) is 10.3. The molecule has 0 amide bonds. The van der Waals surface area contributed by atoms with Gasteiger partial charge in [0.15, 0.2) is 11.5 Å². The number of Topliss-reactive ketones (excluding diaryl/α,β-unsaturated/α-hetero) is 1. The van der Waals surface area contributed by atoms with Gasteiger partial charge in [0.1, 0.15) is 5.78 Å². The monoisotopic (exact) mass is 414 g/mol. The Hall–Kier alpha value is -2.04. The molecule has 0 radical (unpaired) electrons. The zero-order chi connectivity index (χ0) is 21.5. The molecule has 30 heavy (non-hydrogen) atoms. The first-order valence-corrected chi connectivity index (χ1v) is 11.5. The number of carbonyl (C=O) groups excluding carboxylic acids is 2. The summed E-state index contributed by atoms with van der Waals surface area (Å²) in [6, 6.07) is 3.94. The Morgan fingerprint density at radius 1 is 1.30 bits per heavy atom. The minimum absolute atomic E-state index is 0.168. The van der Waals surface area contributed by atoms with Crippen molar-refractivity contribution < 1.29 is 24.2 Å². The highest BCUT2D eigenvalue weighted by molar-refractivity contribution is 5.87. The Bertz CT molecular complexity index is 831. The number of methoxy groups -OCH3 is 1. The quantitative estimate of drug-likeness (QED) is 0.678. The Balaban J connectivity index is 1.60. The molecule has 2 saturated carbocycles. The molecule has 0 aromatic heterocycles. The lowest BCUT2D eigenvalue weighted by Crippen LogP contribution is -2.44. The van der Waals surface area contributed by atoms with E-state index in [1.165, 1.54) is 18.2 Å². The fourth-order valence-electron chi connectivity index (χ4n) is 6.79. The maximum atomic E-state index is 13.1. The number of ketones is 1. The molecule has 1 aromatic carbocycles. The van der Waals surface area contributed by atoms with E-state index in [2.05, 4.69) is 13.0 Å². The van der Waals surface area contributed by atoms with E-state index in [0.717, 1.165) is 38.5 Å². The highest BCUT2D eigenvalue weighted by Crippen LogP contribution is 2.62. The molecule has 0 aliphatic heterocycles. The van der Waals surface area contributed by atoms with Gasteiger partial charge < -0.3 is 14.6 Å². The molecule has 4 rings (SSSR count). The fraction of sp³-hybridized carbons (Fsp3) is 0.680. The van der Waals surface area contributed by atoms with Crippen LogP contribution in [-0.2, 0) is 20.7 Å². The number of aromatic hydroxyl groups is 1. The Labute approximate surface area is 179 Å². The summed E-state index contributed by atoms with van der Waals surface area (Å²) in [6.45, 7) is 4.64. The zero-order valence-electron chi connectivity index (χ0n) is 18.4. The van der Waals surface area contributed by atoms with Crippen molar-refractivity contribution >= 4 is 11.8 Å². The maximum Gasteiger partial charge on any atom is 0.305 e. The second-order valence-electron chi connectivity index (χ2n) is 9.60. The summed E-state index contributed by atoms with van der Waals surface area (Å²) in [4.78, 5) is 24.6.